The monoisotopic (exact) mass is 332 g/mol. The molecule has 124 valence electrons. The largest absolute Gasteiger partial charge is 0.383 e. The Labute approximate surface area is 142 Å². The van der Waals surface area contributed by atoms with E-state index in [1.165, 1.54) is 17.3 Å². The first-order valence-electron chi connectivity index (χ1n) is 7.70. The molecule has 0 atom stereocenters. The van der Waals surface area contributed by atoms with Crippen LogP contribution in [0.2, 0.25) is 0 Å². The van der Waals surface area contributed by atoms with E-state index in [2.05, 4.69) is 16.5 Å². The topological polar surface area (TPSA) is 44.1 Å². The summed E-state index contributed by atoms with van der Waals surface area (Å²) in [7, 11) is 1.69. The van der Waals surface area contributed by atoms with Crippen LogP contribution in [0.3, 0.4) is 0 Å². The van der Waals surface area contributed by atoms with Gasteiger partial charge in [-0.05, 0) is 44.9 Å². The molecule has 0 amide bonds. The van der Waals surface area contributed by atoms with E-state index >= 15 is 0 Å². The highest BCUT2D eigenvalue weighted by Gasteiger charge is 2.14. The molecule has 0 aliphatic rings. The van der Waals surface area contributed by atoms with Crippen LogP contribution in [0.5, 0.6) is 0 Å². The molecule has 0 radical (unpaired) electrons. The van der Waals surface area contributed by atoms with E-state index in [0.717, 1.165) is 34.2 Å². The molecule has 0 spiro atoms. The zero-order chi connectivity index (χ0) is 17.0. The lowest BCUT2D eigenvalue weighted by molar-refractivity contribution is 0.102. The number of benzene rings is 1. The first-order valence-corrected chi connectivity index (χ1v) is 8.68. The Hall–Kier alpha value is -1.59. The Morgan fingerprint density at radius 1 is 1.22 bits per heavy atom. The number of Topliss-reactive ketones (excluding diaryl/α,β-unsaturated/α-hetero) is 1. The summed E-state index contributed by atoms with van der Waals surface area (Å²) in [4.78, 5) is 17.0. The quantitative estimate of drug-likeness (QED) is 0.572. The second-order valence-corrected chi connectivity index (χ2v) is 6.66. The van der Waals surface area contributed by atoms with Crippen LogP contribution in [-0.2, 0) is 11.3 Å². The standard InChI is InChI=1S/C18H24N2O2S/c1-12-6-7-16(10-13(12)2)17(21)11-23-18-19-14(3)15(4)20(18)8-9-22-5/h6-7,10H,8-9,11H2,1-5H3. The van der Waals surface area contributed by atoms with Gasteiger partial charge in [0.2, 0.25) is 0 Å². The van der Waals surface area contributed by atoms with Gasteiger partial charge in [0.1, 0.15) is 0 Å². The first-order chi connectivity index (χ1) is 10.9. The number of ketones is 1. The Kier molecular flexibility index (Phi) is 6.02. The van der Waals surface area contributed by atoms with Crippen LogP contribution in [0.15, 0.2) is 23.4 Å². The maximum atomic E-state index is 12.4. The van der Waals surface area contributed by atoms with Gasteiger partial charge < -0.3 is 9.30 Å². The summed E-state index contributed by atoms with van der Waals surface area (Å²) in [6, 6.07) is 5.87. The number of carbonyl (C=O) groups is 1. The second kappa shape index (κ2) is 7.79. The van der Waals surface area contributed by atoms with Gasteiger partial charge >= 0.3 is 0 Å². The number of hydrogen-bond donors (Lipinski definition) is 0. The number of imidazole rings is 1. The first kappa shape index (κ1) is 17.8. The molecule has 0 saturated heterocycles. The SMILES string of the molecule is COCCn1c(SCC(=O)c2ccc(C)c(C)c2)nc(C)c1C. The number of carbonyl (C=O) groups excluding carboxylic acids is 1. The zero-order valence-electron chi connectivity index (χ0n) is 14.5. The summed E-state index contributed by atoms with van der Waals surface area (Å²) in [5.74, 6) is 0.528. The number of rotatable bonds is 7. The molecule has 0 saturated carbocycles. The summed E-state index contributed by atoms with van der Waals surface area (Å²) in [6.07, 6.45) is 0. The van der Waals surface area contributed by atoms with Crippen molar-refractivity contribution in [3.05, 3.63) is 46.3 Å². The molecular formula is C18H24N2O2S. The molecular weight excluding hydrogens is 308 g/mol. The molecule has 4 nitrogen and oxygen atoms in total. The van der Waals surface area contributed by atoms with Crippen molar-refractivity contribution in [2.24, 2.45) is 0 Å². The highest BCUT2D eigenvalue weighted by atomic mass is 32.2. The van der Waals surface area contributed by atoms with Gasteiger partial charge in [-0.2, -0.15) is 0 Å². The third-order valence-electron chi connectivity index (χ3n) is 4.10. The number of methoxy groups -OCH3 is 1. The summed E-state index contributed by atoms with van der Waals surface area (Å²) in [6.45, 7) is 9.51. The Morgan fingerprint density at radius 3 is 2.61 bits per heavy atom. The molecule has 2 rings (SSSR count). The number of aryl methyl sites for hydroxylation is 3. The summed E-state index contributed by atoms with van der Waals surface area (Å²) >= 11 is 1.49. The van der Waals surface area contributed by atoms with E-state index in [1.54, 1.807) is 7.11 Å². The van der Waals surface area contributed by atoms with E-state index in [-0.39, 0.29) is 5.78 Å². The van der Waals surface area contributed by atoms with Gasteiger partial charge in [0.15, 0.2) is 10.9 Å². The zero-order valence-corrected chi connectivity index (χ0v) is 15.3. The Balaban J connectivity index is 2.09. The molecule has 1 heterocycles. The molecule has 0 aliphatic carbocycles. The van der Waals surface area contributed by atoms with Gasteiger partial charge in [-0.3, -0.25) is 4.79 Å². The lowest BCUT2D eigenvalue weighted by Crippen LogP contribution is -2.09. The molecule has 0 bridgehead atoms. The highest BCUT2D eigenvalue weighted by molar-refractivity contribution is 7.99. The number of thioether (sulfide) groups is 1. The fraction of sp³-hybridized carbons (Fsp3) is 0.444. The molecule has 1 aromatic carbocycles. The third kappa shape index (κ3) is 4.24. The van der Waals surface area contributed by atoms with Gasteiger partial charge in [0.25, 0.3) is 0 Å². The maximum Gasteiger partial charge on any atom is 0.173 e. The minimum Gasteiger partial charge on any atom is -0.383 e. The fourth-order valence-corrected chi connectivity index (χ4v) is 3.32. The normalized spacial score (nSPS) is 11.0. The van der Waals surface area contributed by atoms with E-state index in [1.807, 2.05) is 39.0 Å². The van der Waals surface area contributed by atoms with Crippen molar-refractivity contribution in [1.29, 1.82) is 0 Å². The van der Waals surface area contributed by atoms with Crippen molar-refractivity contribution in [2.45, 2.75) is 39.4 Å². The molecule has 1 aromatic heterocycles. The number of hydrogen-bond acceptors (Lipinski definition) is 4. The van der Waals surface area contributed by atoms with E-state index in [4.69, 9.17) is 4.74 Å². The van der Waals surface area contributed by atoms with Crippen LogP contribution in [0.1, 0.15) is 32.9 Å². The molecule has 0 aliphatic heterocycles. The van der Waals surface area contributed by atoms with Crippen molar-refractivity contribution in [1.82, 2.24) is 9.55 Å². The third-order valence-corrected chi connectivity index (χ3v) is 5.08. The molecule has 23 heavy (non-hydrogen) atoms. The minimum atomic E-state index is 0.134. The molecule has 0 fully saturated rings. The molecule has 5 heteroatoms. The maximum absolute atomic E-state index is 12.4. The minimum absolute atomic E-state index is 0.134. The van der Waals surface area contributed by atoms with Crippen LogP contribution < -0.4 is 0 Å². The van der Waals surface area contributed by atoms with E-state index in [0.29, 0.717) is 12.4 Å². The number of aromatic nitrogens is 2. The summed E-state index contributed by atoms with van der Waals surface area (Å²) in [5.41, 5.74) is 5.25. The smallest absolute Gasteiger partial charge is 0.173 e. The molecule has 2 aromatic rings. The van der Waals surface area contributed by atoms with Gasteiger partial charge in [-0.1, -0.05) is 23.9 Å². The molecule has 0 unspecified atom stereocenters. The van der Waals surface area contributed by atoms with Crippen molar-refractivity contribution in [3.63, 3.8) is 0 Å². The van der Waals surface area contributed by atoms with E-state index < -0.39 is 0 Å². The van der Waals surface area contributed by atoms with Gasteiger partial charge in [-0.25, -0.2) is 4.98 Å². The predicted molar refractivity (Wildman–Crippen MR) is 94.5 cm³/mol. The van der Waals surface area contributed by atoms with Crippen LogP contribution in [0.4, 0.5) is 0 Å². The van der Waals surface area contributed by atoms with E-state index in [9.17, 15) is 4.79 Å². The van der Waals surface area contributed by atoms with Gasteiger partial charge in [0.05, 0.1) is 18.1 Å². The van der Waals surface area contributed by atoms with Crippen molar-refractivity contribution >= 4 is 17.5 Å². The number of ether oxygens (including phenoxy) is 1. The van der Waals surface area contributed by atoms with Crippen molar-refractivity contribution in [3.8, 4) is 0 Å². The average Bonchev–Trinajstić information content (AvgIpc) is 2.80. The predicted octanol–water partition coefficient (Wildman–Crippen LogP) is 3.74. The van der Waals surface area contributed by atoms with Crippen molar-refractivity contribution < 1.29 is 9.53 Å². The van der Waals surface area contributed by atoms with Crippen molar-refractivity contribution in [2.75, 3.05) is 19.5 Å². The lowest BCUT2D eigenvalue weighted by atomic mass is 10.0. The summed E-state index contributed by atoms with van der Waals surface area (Å²) in [5, 5.41) is 0.884. The lowest BCUT2D eigenvalue weighted by Gasteiger charge is -2.09. The van der Waals surface area contributed by atoms with Gasteiger partial charge in [-0.15, -0.1) is 0 Å². The van der Waals surface area contributed by atoms with Crippen LogP contribution >= 0.6 is 11.8 Å². The summed E-state index contributed by atoms with van der Waals surface area (Å²) < 4.78 is 7.28. The molecule has 0 N–H and O–H groups in total. The van der Waals surface area contributed by atoms with Crippen LogP contribution in [0.25, 0.3) is 0 Å². The van der Waals surface area contributed by atoms with Crippen LogP contribution in [-0.4, -0.2) is 34.8 Å². The average molecular weight is 332 g/mol. The second-order valence-electron chi connectivity index (χ2n) is 5.72. The number of nitrogens with zero attached hydrogens (tertiary/aromatic N) is 2. The Morgan fingerprint density at radius 2 is 1.96 bits per heavy atom. The highest BCUT2D eigenvalue weighted by Crippen LogP contribution is 2.22. The Bertz CT molecular complexity index is 707. The fourth-order valence-electron chi connectivity index (χ4n) is 2.31. The van der Waals surface area contributed by atoms with Gasteiger partial charge in [0, 0.05) is 24.9 Å². The van der Waals surface area contributed by atoms with Crippen LogP contribution in [0, 0.1) is 27.7 Å².